The zero-order valence-corrected chi connectivity index (χ0v) is 18.2. The Hall–Kier alpha value is -3.68. The number of nitrogens with one attached hydrogen (secondary N) is 1. The molecular formula is C24H28N4O4. The predicted molar refractivity (Wildman–Crippen MR) is 121 cm³/mol. The molecule has 4 rings (SSSR count). The molecule has 0 aliphatic carbocycles. The van der Waals surface area contributed by atoms with E-state index in [-0.39, 0.29) is 6.03 Å². The van der Waals surface area contributed by atoms with Crippen molar-refractivity contribution in [3.8, 4) is 17.2 Å². The molecule has 0 atom stereocenters. The maximum absolute atomic E-state index is 13.2. The second kappa shape index (κ2) is 10.6. The Labute approximate surface area is 187 Å². The molecule has 2 aromatic carbocycles. The number of benzene rings is 2. The fraction of sp³-hybridized carbons (Fsp3) is 0.333. The van der Waals surface area contributed by atoms with E-state index in [4.69, 9.17) is 14.2 Å². The molecule has 1 N–H and O–H groups in total. The Morgan fingerprint density at radius 3 is 2.84 bits per heavy atom. The highest BCUT2D eigenvalue weighted by Crippen LogP contribution is 2.32. The summed E-state index contributed by atoms with van der Waals surface area (Å²) in [5.41, 5.74) is 1.63. The van der Waals surface area contributed by atoms with E-state index in [0.717, 1.165) is 24.3 Å². The highest BCUT2D eigenvalue weighted by atomic mass is 16.6. The van der Waals surface area contributed by atoms with E-state index in [0.29, 0.717) is 50.1 Å². The van der Waals surface area contributed by atoms with Crippen molar-refractivity contribution >= 4 is 11.7 Å². The van der Waals surface area contributed by atoms with Crippen LogP contribution in [0.25, 0.3) is 0 Å². The van der Waals surface area contributed by atoms with Crippen LogP contribution in [-0.4, -0.2) is 46.8 Å². The average Bonchev–Trinajstić information content (AvgIpc) is 3.33. The fourth-order valence-electron chi connectivity index (χ4n) is 3.58. The maximum Gasteiger partial charge on any atom is 0.322 e. The van der Waals surface area contributed by atoms with Crippen molar-refractivity contribution in [3.63, 3.8) is 0 Å². The first-order valence-electron chi connectivity index (χ1n) is 10.8. The fourth-order valence-corrected chi connectivity index (χ4v) is 3.58. The maximum atomic E-state index is 13.2. The van der Waals surface area contributed by atoms with Gasteiger partial charge in [0.15, 0.2) is 11.5 Å². The molecule has 1 aliphatic rings. The average molecular weight is 437 g/mol. The van der Waals surface area contributed by atoms with Crippen molar-refractivity contribution in [2.45, 2.75) is 26.4 Å². The smallest absolute Gasteiger partial charge is 0.322 e. The largest absolute Gasteiger partial charge is 0.494 e. The van der Waals surface area contributed by atoms with Gasteiger partial charge in [-0.2, -0.15) is 0 Å². The quantitative estimate of drug-likeness (QED) is 0.545. The SMILES string of the molecule is CCOc1ccccc1CN(CCCn1ccnc1)C(=O)Nc1ccc2c(c1)OCCO2. The molecular weight excluding hydrogens is 408 g/mol. The van der Waals surface area contributed by atoms with E-state index >= 15 is 0 Å². The van der Waals surface area contributed by atoms with Gasteiger partial charge in [0.05, 0.1) is 19.5 Å². The summed E-state index contributed by atoms with van der Waals surface area (Å²) in [6, 6.07) is 13.1. The molecule has 2 heterocycles. The van der Waals surface area contributed by atoms with Gasteiger partial charge in [0, 0.05) is 42.8 Å². The third kappa shape index (κ3) is 5.51. The number of rotatable bonds is 9. The summed E-state index contributed by atoms with van der Waals surface area (Å²) in [5, 5.41) is 3.00. The number of anilines is 1. The summed E-state index contributed by atoms with van der Waals surface area (Å²) >= 11 is 0. The summed E-state index contributed by atoms with van der Waals surface area (Å²) in [6.07, 6.45) is 6.25. The first kappa shape index (κ1) is 21.5. The van der Waals surface area contributed by atoms with Crippen LogP contribution < -0.4 is 19.5 Å². The molecule has 8 nitrogen and oxygen atoms in total. The molecule has 168 valence electrons. The summed E-state index contributed by atoms with van der Waals surface area (Å²) in [7, 11) is 0. The standard InChI is InChI=1S/C24H28N4O4/c1-2-30-21-7-4-3-6-19(21)17-28(12-5-11-27-13-10-25-18-27)24(29)26-20-8-9-22-23(16-20)32-15-14-31-22/h3-4,6-10,13,16,18H,2,5,11-12,14-15,17H2,1H3,(H,26,29). The predicted octanol–water partition coefficient (Wildman–Crippen LogP) is 4.18. The first-order chi connectivity index (χ1) is 15.7. The minimum absolute atomic E-state index is 0.182. The molecule has 0 unspecified atom stereocenters. The van der Waals surface area contributed by atoms with E-state index in [9.17, 15) is 4.79 Å². The van der Waals surface area contributed by atoms with Crippen LogP contribution in [-0.2, 0) is 13.1 Å². The molecule has 0 radical (unpaired) electrons. The number of aromatic nitrogens is 2. The van der Waals surface area contributed by atoms with E-state index in [1.54, 1.807) is 23.5 Å². The van der Waals surface area contributed by atoms with E-state index in [2.05, 4.69) is 10.3 Å². The number of aryl methyl sites for hydroxylation is 1. The van der Waals surface area contributed by atoms with Crippen LogP contribution in [0.1, 0.15) is 18.9 Å². The van der Waals surface area contributed by atoms with Crippen LogP contribution in [0, 0.1) is 0 Å². The zero-order chi connectivity index (χ0) is 22.2. The Morgan fingerprint density at radius 1 is 1.19 bits per heavy atom. The number of urea groups is 1. The van der Waals surface area contributed by atoms with Crippen LogP contribution in [0.4, 0.5) is 10.5 Å². The van der Waals surface area contributed by atoms with Crippen molar-refractivity contribution in [1.82, 2.24) is 14.5 Å². The molecule has 3 aromatic rings. The number of amides is 2. The van der Waals surface area contributed by atoms with Gasteiger partial charge in [-0.05, 0) is 31.5 Å². The van der Waals surface area contributed by atoms with Crippen molar-refractivity contribution in [2.24, 2.45) is 0 Å². The van der Waals surface area contributed by atoms with Gasteiger partial charge in [-0.15, -0.1) is 0 Å². The van der Waals surface area contributed by atoms with Gasteiger partial charge in [0.25, 0.3) is 0 Å². The minimum atomic E-state index is -0.182. The van der Waals surface area contributed by atoms with Gasteiger partial charge in [0.1, 0.15) is 19.0 Å². The Balaban J connectivity index is 1.47. The number of carbonyl (C=O) groups is 1. The highest BCUT2D eigenvalue weighted by Gasteiger charge is 2.18. The van der Waals surface area contributed by atoms with Crippen LogP contribution >= 0.6 is 0 Å². The summed E-state index contributed by atoms with van der Waals surface area (Å²) in [4.78, 5) is 19.1. The molecule has 0 saturated heterocycles. The number of imidazole rings is 1. The lowest BCUT2D eigenvalue weighted by molar-refractivity contribution is 0.171. The molecule has 0 fully saturated rings. The number of para-hydroxylation sites is 1. The Bertz CT molecular complexity index is 1020. The molecule has 1 aliphatic heterocycles. The van der Waals surface area contributed by atoms with Gasteiger partial charge in [-0.3, -0.25) is 0 Å². The minimum Gasteiger partial charge on any atom is -0.494 e. The Kier molecular flexibility index (Phi) is 7.12. The van der Waals surface area contributed by atoms with Gasteiger partial charge >= 0.3 is 6.03 Å². The topological polar surface area (TPSA) is 77.9 Å². The normalized spacial score (nSPS) is 12.3. The van der Waals surface area contributed by atoms with Crippen molar-refractivity contribution in [1.29, 1.82) is 0 Å². The number of nitrogens with zero attached hydrogens (tertiary/aromatic N) is 3. The van der Waals surface area contributed by atoms with E-state index in [1.807, 2.05) is 54.1 Å². The van der Waals surface area contributed by atoms with E-state index < -0.39 is 0 Å². The third-order valence-corrected chi connectivity index (χ3v) is 5.12. The third-order valence-electron chi connectivity index (χ3n) is 5.12. The lowest BCUT2D eigenvalue weighted by Crippen LogP contribution is -2.35. The molecule has 1 aromatic heterocycles. The summed E-state index contributed by atoms with van der Waals surface area (Å²) in [5.74, 6) is 2.13. The van der Waals surface area contributed by atoms with Gasteiger partial charge < -0.3 is 29.0 Å². The molecule has 0 saturated carbocycles. The van der Waals surface area contributed by atoms with Crippen LogP contribution in [0.2, 0.25) is 0 Å². The molecule has 0 spiro atoms. The molecule has 0 bridgehead atoms. The molecule has 8 heteroatoms. The lowest BCUT2D eigenvalue weighted by atomic mass is 10.2. The van der Waals surface area contributed by atoms with E-state index in [1.165, 1.54) is 0 Å². The van der Waals surface area contributed by atoms with Crippen LogP contribution in [0.3, 0.4) is 0 Å². The second-order valence-electron chi connectivity index (χ2n) is 7.40. The first-order valence-corrected chi connectivity index (χ1v) is 10.8. The zero-order valence-electron chi connectivity index (χ0n) is 18.2. The highest BCUT2D eigenvalue weighted by molar-refractivity contribution is 5.89. The number of ether oxygens (including phenoxy) is 3. The van der Waals surface area contributed by atoms with Gasteiger partial charge in [0.2, 0.25) is 0 Å². The van der Waals surface area contributed by atoms with Gasteiger partial charge in [-0.1, -0.05) is 18.2 Å². The number of hydrogen-bond acceptors (Lipinski definition) is 5. The van der Waals surface area contributed by atoms with Gasteiger partial charge in [-0.25, -0.2) is 9.78 Å². The summed E-state index contributed by atoms with van der Waals surface area (Å²) in [6.45, 7) is 5.35. The molecule has 2 amide bonds. The van der Waals surface area contributed by atoms with Crippen molar-refractivity contribution in [3.05, 3.63) is 66.7 Å². The number of carbonyl (C=O) groups excluding carboxylic acids is 1. The lowest BCUT2D eigenvalue weighted by Gasteiger charge is -2.25. The number of fused-ring (bicyclic) bond motifs is 1. The molecule has 32 heavy (non-hydrogen) atoms. The summed E-state index contributed by atoms with van der Waals surface area (Å²) < 4.78 is 19.0. The van der Waals surface area contributed by atoms with Crippen LogP contribution in [0.15, 0.2) is 61.2 Å². The monoisotopic (exact) mass is 436 g/mol. The van der Waals surface area contributed by atoms with Crippen LogP contribution in [0.5, 0.6) is 17.2 Å². The van der Waals surface area contributed by atoms with Crippen molar-refractivity contribution in [2.75, 3.05) is 31.7 Å². The van der Waals surface area contributed by atoms with Crippen molar-refractivity contribution < 1.29 is 19.0 Å². The second-order valence-corrected chi connectivity index (χ2v) is 7.40. The Morgan fingerprint density at radius 2 is 2.03 bits per heavy atom. The number of hydrogen-bond donors (Lipinski definition) is 1.